The fourth-order valence-corrected chi connectivity index (χ4v) is 3.71. The molecule has 5 nitrogen and oxygen atoms in total. The van der Waals surface area contributed by atoms with Gasteiger partial charge in [-0.3, -0.25) is 9.59 Å². The number of ether oxygens (including phenoxy) is 1. The van der Waals surface area contributed by atoms with E-state index in [4.69, 9.17) is 4.74 Å². The first-order chi connectivity index (χ1) is 14.9. The van der Waals surface area contributed by atoms with Crippen molar-refractivity contribution in [1.82, 2.24) is 10.2 Å². The Morgan fingerprint density at radius 2 is 1.74 bits per heavy atom. The van der Waals surface area contributed by atoms with E-state index in [1.54, 1.807) is 4.90 Å². The van der Waals surface area contributed by atoms with E-state index in [0.29, 0.717) is 31.7 Å². The predicted molar refractivity (Wildman–Crippen MR) is 128 cm³/mol. The van der Waals surface area contributed by atoms with E-state index in [2.05, 4.69) is 21.2 Å². The van der Waals surface area contributed by atoms with Crippen molar-refractivity contribution in [3.05, 3.63) is 63.6 Å². The van der Waals surface area contributed by atoms with Crippen LogP contribution in [-0.2, 0) is 16.0 Å². The summed E-state index contributed by atoms with van der Waals surface area (Å²) in [5.41, 5.74) is 3.23. The van der Waals surface area contributed by atoms with E-state index in [1.807, 2.05) is 70.2 Å². The third kappa shape index (κ3) is 7.39. The molecule has 0 aliphatic carbocycles. The molecule has 0 fully saturated rings. The number of nitrogens with zero attached hydrogens (tertiary/aromatic N) is 1. The van der Waals surface area contributed by atoms with E-state index >= 15 is 0 Å². The Hall–Kier alpha value is -2.34. The monoisotopic (exact) mass is 488 g/mol. The van der Waals surface area contributed by atoms with E-state index < -0.39 is 6.04 Å². The molecule has 0 aliphatic rings. The van der Waals surface area contributed by atoms with Crippen molar-refractivity contribution >= 4 is 27.7 Å². The van der Waals surface area contributed by atoms with Crippen molar-refractivity contribution in [2.45, 2.75) is 53.0 Å². The first-order valence-corrected chi connectivity index (χ1v) is 11.7. The average molecular weight is 489 g/mol. The maximum Gasteiger partial charge on any atom is 0.261 e. The first-order valence-electron chi connectivity index (χ1n) is 10.9. The molecule has 0 bridgehead atoms. The summed E-state index contributed by atoms with van der Waals surface area (Å²) in [7, 11) is 0. The van der Waals surface area contributed by atoms with Gasteiger partial charge in [-0.25, -0.2) is 0 Å². The first kappa shape index (κ1) is 24.9. The fraction of sp³-hybridized carbons (Fsp3) is 0.440. The highest BCUT2D eigenvalue weighted by Crippen LogP contribution is 2.26. The molecule has 0 spiro atoms. The average Bonchev–Trinajstić information content (AvgIpc) is 2.77. The predicted octanol–water partition coefficient (Wildman–Crippen LogP) is 4.82. The normalized spacial score (nSPS) is 11.6. The number of amides is 2. The third-order valence-corrected chi connectivity index (χ3v) is 6.44. The van der Waals surface area contributed by atoms with Gasteiger partial charge in [-0.15, -0.1) is 0 Å². The Bertz CT molecular complexity index is 847. The van der Waals surface area contributed by atoms with Gasteiger partial charge in [-0.1, -0.05) is 60.1 Å². The molecular weight excluding hydrogens is 456 g/mol. The molecule has 1 N–H and O–H groups in total. The number of rotatable bonds is 11. The lowest BCUT2D eigenvalue weighted by Gasteiger charge is -2.30. The summed E-state index contributed by atoms with van der Waals surface area (Å²) in [6.45, 7) is 8.88. The second-order valence-corrected chi connectivity index (χ2v) is 8.49. The number of hydrogen-bond acceptors (Lipinski definition) is 3. The minimum atomic E-state index is -0.514. The van der Waals surface area contributed by atoms with Crippen LogP contribution in [0.3, 0.4) is 0 Å². The second-order valence-electron chi connectivity index (χ2n) is 7.70. The Kier molecular flexibility index (Phi) is 10.0. The summed E-state index contributed by atoms with van der Waals surface area (Å²) in [6.07, 6.45) is 2.08. The summed E-state index contributed by atoms with van der Waals surface area (Å²) in [4.78, 5) is 27.6. The summed E-state index contributed by atoms with van der Waals surface area (Å²) in [5.74, 6) is 0.354. The molecule has 0 saturated carbocycles. The lowest BCUT2D eigenvalue weighted by Crippen LogP contribution is -2.51. The van der Waals surface area contributed by atoms with E-state index in [-0.39, 0.29) is 18.4 Å². The van der Waals surface area contributed by atoms with Gasteiger partial charge >= 0.3 is 0 Å². The van der Waals surface area contributed by atoms with E-state index in [9.17, 15) is 9.59 Å². The topological polar surface area (TPSA) is 58.6 Å². The van der Waals surface area contributed by atoms with Gasteiger partial charge in [0, 0.05) is 17.6 Å². The largest absolute Gasteiger partial charge is 0.484 e. The molecule has 0 heterocycles. The highest BCUT2D eigenvalue weighted by molar-refractivity contribution is 9.10. The van der Waals surface area contributed by atoms with Crippen molar-refractivity contribution in [2.75, 3.05) is 19.7 Å². The highest BCUT2D eigenvalue weighted by Gasteiger charge is 2.28. The minimum absolute atomic E-state index is 0.104. The number of carbonyl (C=O) groups excluding carboxylic acids is 2. The van der Waals surface area contributed by atoms with E-state index in [0.717, 1.165) is 27.6 Å². The van der Waals surface area contributed by atoms with Gasteiger partial charge in [0.05, 0.1) is 0 Å². The van der Waals surface area contributed by atoms with Crippen LogP contribution in [0.2, 0.25) is 0 Å². The molecule has 0 saturated heterocycles. The molecule has 2 aromatic carbocycles. The van der Waals surface area contributed by atoms with Crippen molar-refractivity contribution in [1.29, 1.82) is 0 Å². The molecule has 1 atom stereocenters. The Labute approximate surface area is 194 Å². The van der Waals surface area contributed by atoms with Gasteiger partial charge in [0.1, 0.15) is 11.8 Å². The quantitative estimate of drug-likeness (QED) is 0.493. The molecule has 2 rings (SSSR count). The zero-order chi connectivity index (χ0) is 22.8. The van der Waals surface area contributed by atoms with Crippen LogP contribution >= 0.6 is 15.9 Å². The fourth-order valence-electron chi connectivity index (χ4n) is 3.48. The number of carbonyl (C=O) groups is 2. The van der Waals surface area contributed by atoms with Crippen LogP contribution in [0.15, 0.2) is 46.9 Å². The lowest BCUT2D eigenvalue weighted by atomic mass is 10.1. The van der Waals surface area contributed by atoms with Gasteiger partial charge in [0.25, 0.3) is 5.91 Å². The van der Waals surface area contributed by atoms with Crippen molar-refractivity contribution in [2.24, 2.45) is 0 Å². The second kappa shape index (κ2) is 12.5. The van der Waals surface area contributed by atoms with Crippen molar-refractivity contribution in [3.8, 4) is 5.75 Å². The number of nitrogens with one attached hydrogen (secondary N) is 1. The Morgan fingerprint density at radius 3 is 2.32 bits per heavy atom. The van der Waals surface area contributed by atoms with Crippen molar-refractivity contribution in [3.63, 3.8) is 0 Å². The van der Waals surface area contributed by atoms with Crippen LogP contribution in [-0.4, -0.2) is 42.5 Å². The van der Waals surface area contributed by atoms with Crippen LogP contribution in [0.25, 0.3) is 0 Å². The van der Waals surface area contributed by atoms with Crippen LogP contribution in [0.5, 0.6) is 5.75 Å². The molecule has 0 aromatic heterocycles. The Balaban J connectivity index is 2.14. The maximum absolute atomic E-state index is 13.2. The maximum atomic E-state index is 13.2. The van der Waals surface area contributed by atoms with Crippen LogP contribution < -0.4 is 10.1 Å². The van der Waals surface area contributed by atoms with Crippen LogP contribution in [0, 0.1) is 13.8 Å². The molecule has 31 heavy (non-hydrogen) atoms. The zero-order valence-electron chi connectivity index (χ0n) is 18.9. The Morgan fingerprint density at radius 1 is 1.10 bits per heavy atom. The highest BCUT2D eigenvalue weighted by atomic mass is 79.9. The molecule has 2 aromatic rings. The SMILES string of the molecule is CCCNC(=O)C(CC)N(CCc1ccccc1)C(=O)COc1cc(C)c(Br)c(C)c1. The molecular formula is C25H33BrN2O3. The molecule has 0 radical (unpaired) electrons. The third-order valence-electron chi connectivity index (χ3n) is 5.19. The number of halogens is 1. The summed E-state index contributed by atoms with van der Waals surface area (Å²) in [5, 5.41) is 2.93. The summed E-state index contributed by atoms with van der Waals surface area (Å²) in [6, 6.07) is 13.3. The smallest absolute Gasteiger partial charge is 0.261 e. The number of aryl methyl sites for hydroxylation is 2. The molecule has 0 aliphatic heterocycles. The van der Waals surface area contributed by atoms with Gasteiger partial charge in [-0.05, 0) is 61.9 Å². The van der Waals surface area contributed by atoms with Gasteiger partial charge in [0.15, 0.2) is 6.61 Å². The zero-order valence-corrected chi connectivity index (χ0v) is 20.5. The van der Waals surface area contributed by atoms with Crippen LogP contribution in [0.4, 0.5) is 0 Å². The summed E-state index contributed by atoms with van der Waals surface area (Å²) >= 11 is 3.55. The molecule has 168 valence electrons. The van der Waals surface area contributed by atoms with Crippen molar-refractivity contribution < 1.29 is 14.3 Å². The summed E-state index contributed by atoms with van der Waals surface area (Å²) < 4.78 is 6.87. The number of benzene rings is 2. The minimum Gasteiger partial charge on any atom is -0.484 e. The van der Waals surface area contributed by atoms with Crippen LogP contribution in [0.1, 0.15) is 43.4 Å². The van der Waals surface area contributed by atoms with Gasteiger partial charge in [0.2, 0.25) is 5.91 Å². The van der Waals surface area contributed by atoms with Gasteiger partial charge in [-0.2, -0.15) is 0 Å². The molecule has 6 heteroatoms. The number of hydrogen-bond donors (Lipinski definition) is 1. The molecule has 2 amide bonds. The van der Waals surface area contributed by atoms with E-state index in [1.165, 1.54) is 0 Å². The lowest BCUT2D eigenvalue weighted by molar-refractivity contribution is -0.142. The van der Waals surface area contributed by atoms with Gasteiger partial charge < -0.3 is 15.0 Å². The molecule has 1 unspecified atom stereocenters. The standard InChI is InChI=1S/C25H33BrN2O3/c1-5-13-27-25(30)22(6-2)28(14-12-20-10-8-7-9-11-20)23(29)17-31-21-15-18(3)24(26)19(4)16-21/h7-11,15-16,22H,5-6,12-14,17H2,1-4H3,(H,27,30).